The van der Waals surface area contributed by atoms with Crippen LogP contribution in [-0.2, 0) is 24.2 Å². The van der Waals surface area contributed by atoms with Crippen LogP contribution in [0, 0.1) is 5.92 Å². The number of ether oxygens (including phenoxy) is 1. The van der Waals surface area contributed by atoms with Gasteiger partial charge >= 0.3 is 6.09 Å². The summed E-state index contributed by atoms with van der Waals surface area (Å²) in [5, 5.41) is 15.2. The highest BCUT2D eigenvalue weighted by atomic mass is 127. The number of aryl methyl sites for hydroxylation is 1. The van der Waals surface area contributed by atoms with E-state index in [1.165, 1.54) is 19.3 Å². The van der Waals surface area contributed by atoms with E-state index in [1.54, 1.807) is 0 Å². The van der Waals surface area contributed by atoms with Crippen LogP contribution in [-0.4, -0.2) is 63.5 Å². The molecule has 9 nitrogen and oxygen atoms in total. The number of aliphatic imine (C=N–C) groups is 1. The molecule has 0 fully saturated rings. The van der Waals surface area contributed by atoms with Gasteiger partial charge in [-0.05, 0) is 52.9 Å². The number of hydrogen-bond acceptors (Lipinski definition) is 5. The van der Waals surface area contributed by atoms with Crippen LogP contribution < -0.4 is 10.6 Å². The quantitative estimate of drug-likeness (QED) is 0.276. The zero-order chi connectivity index (χ0) is 23.7. The van der Waals surface area contributed by atoms with E-state index in [2.05, 4.69) is 51.1 Å². The van der Waals surface area contributed by atoms with Gasteiger partial charge in [0.1, 0.15) is 18.0 Å². The summed E-state index contributed by atoms with van der Waals surface area (Å²) in [7, 11) is 2.02. The fourth-order valence-electron chi connectivity index (χ4n) is 3.75. The molecule has 10 heteroatoms. The monoisotopic (exact) mass is 577 g/mol. The van der Waals surface area contributed by atoms with Crippen LogP contribution >= 0.6 is 24.0 Å². The molecule has 1 aromatic heterocycles. The number of rotatable bonds is 8. The lowest BCUT2D eigenvalue weighted by molar-refractivity contribution is 0.0486. The third-order valence-corrected chi connectivity index (χ3v) is 5.54. The van der Waals surface area contributed by atoms with Gasteiger partial charge in [-0.3, -0.25) is 0 Å². The van der Waals surface area contributed by atoms with Gasteiger partial charge in [-0.15, -0.1) is 34.2 Å². The zero-order valence-corrected chi connectivity index (χ0v) is 23.8. The number of fused-ring (bicyclic) bond motifs is 1. The smallest absolute Gasteiger partial charge is 0.407 e. The first-order valence-corrected chi connectivity index (χ1v) is 12.0. The predicted molar refractivity (Wildman–Crippen MR) is 143 cm³/mol. The molecule has 1 unspecified atom stereocenters. The minimum absolute atomic E-state index is 0. The topological polar surface area (TPSA) is 96.7 Å². The number of carbonyl (C=O) groups excluding carboxylic acids is 1. The second-order valence-corrected chi connectivity index (χ2v) is 9.87. The van der Waals surface area contributed by atoms with E-state index in [0.29, 0.717) is 12.5 Å². The minimum atomic E-state index is -0.507. The second kappa shape index (κ2) is 14.0. The molecular weight excluding hydrogens is 533 g/mol. The Morgan fingerprint density at radius 1 is 1.24 bits per heavy atom. The van der Waals surface area contributed by atoms with Crippen LogP contribution in [0.5, 0.6) is 0 Å². The lowest BCUT2D eigenvalue weighted by Crippen LogP contribution is -2.45. The maximum atomic E-state index is 12.2. The molecule has 0 spiro atoms. The molecule has 1 aromatic rings. The van der Waals surface area contributed by atoms with Gasteiger partial charge in [0.25, 0.3) is 0 Å². The SMILES string of the molecule is CCNC(=NCc1nnc2n1CCCCC2)N(C)CCC(NC(=O)OC(C)(C)C)C(C)C.I. The van der Waals surface area contributed by atoms with Crippen LogP contribution in [0.1, 0.15) is 78.9 Å². The number of nitrogens with one attached hydrogen (secondary N) is 2. The highest BCUT2D eigenvalue weighted by Gasteiger charge is 2.22. The van der Waals surface area contributed by atoms with E-state index >= 15 is 0 Å². The Morgan fingerprint density at radius 3 is 2.61 bits per heavy atom. The van der Waals surface area contributed by atoms with Crippen LogP contribution in [0.2, 0.25) is 0 Å². The molecule has 0 radical (unpaired) electrons. The van der Waals surface area contributed by atoms with Gasteiger partial charge in [-0.1, -0.05) is 20.3 Å². The zero-order valence-electron chi connectivity index (χ0n) is 21.5. The Kier molecular flexibility index (Phi) is 12.5. The Bertz CT molecular complexity index is 758. The Morgan fingerprint density at radius 2 is 1.97 bits per heavy atom. The van der Waals surface area contributed by atoms with Crippen molar-refractivity contribution in [3.05, 3.63) is 11.6 Å². The average molecular weight is 578 g/mol. The standard InChI is InChI=1S/C23H43N7O2.HI/c1-8-24-21(25-16-20-28-27-19-12-10-9-11-14-30(19)20)29(7)15-13-18(17(2)3)26-22(31)32-23(4,5)6;/h17-18H,8-16H2,1-7H3,(H,24,25)(H,26,31);1H. The summed E-state index contributed by atoms with van der Waals surface area (Å²) in [5.74, 6) is 3.14. The van der Waals surface area contributed by atoms with E-state index < -0.39 is 5.60 Å². The number of aromatic nitrogens is 3. The number of hydrogen-bond donors (Lipinski definition) is 2. The molecule has 190 valence electrons. The lowest BCUT2D eigenvalue weighted by atomic mass is 10.0. The predicted octanol–water partition coefficient (Wildman–Crippen LogP) is 3.96. The summed E-state index contributed by atoms with van der Waals surface area (Å²) < 4.78 is 7.67. The lowest BCUT2D eigenvalue weighted by Gasteiger charge is -2.28. The molecule has 0 aliphatic carbocycles. The molecular formula is C23H44IN7O2. The Labute approximate surface area is 216 Å². The first-order valence-electron chi connectivity index (χ1n) is 12.0. The Balaban J connectivity index is 0.00000544. The van der Waals surface area contributed by atoms with Gasteiger partial charge in [0, 0.05) is 39.1 Å². The van der Waals surface area contributed by atoms with Crippen molar-refractivity contribution in [1.29, 1.82) is 0 Å². The maximum absolute atomic E-state index is 12.2. The van der Waals surface area contributed by atoms with Gasteiger partial charge in [0.2, 0.25) is 0 Å². The van der Waals surface area contributed by atoms with Crippen molar-refractivity contribution in [1.82, 2.24) is 30.3 Å². The number of amides is 1. The van der Waals surface area contributed by atoms with Crippen LogP contribution in [0.3, 0.4) is 0 Å². The minimum Gasteiger partial charge on any atom is -0.444 e. The number of guanidine groups is 1. The van der Waals surface area contributed by atoms with Crippen molar-refractivity contribution in [3.8, 4) is 0 Å². The van der Waals surface area contributed by atoms with Crippen molar-refractivity contribution in [3.63, 3.8) is 0 Å². The van der Waals surface area contributed by atoms with Crippen LogP contribution in [0.25, 0.3) is 0 Å². The van der Waals surface area contributed by atoms with Crippen LogP contribution in [0.4, 0.5) is 4.79 Å². The number of carbonyl (C=O) groups is 1. The first kappa shape index (κ1) is 29.4. The summed E-state index contributed by atoms with van der Waals surface area (Å²) in [6.45, 7) is 14.9. The highest BCUT2D eigenvalue weighted by molar-refractivity contribution is 14.0. The van der Waals surface area contributed by atoms with E-state index in [0.717, 1.165) is 50.1 Å². The average Bonchev–Trinajstić information content (AvgIpc) is 2.92. The van der Waals surface area contributed by atoms with E-state index in [9.17, 15) is 4.79 Å². The summed E-state index contributed by atoms with van der Waals surface area (Å²) in [4.78, 5) is 19.2. The molecule has 2 rings (SSSR count). The first-order chi connectivity index (χ1) is 15.1. The molecule has 0 aromatic carbocycles. The summed E-state index contributed by atoms with van der Waals surface area (Å²) >= 11 is 0. The third-order valence-electron chi connectivity index (χ3n) is 5.54. The Hall–Kier alpha value is -1.59. The molecule has 1 atom stereocenters. The van der Waals surface area contributed by atoms with Gasteiger partial charge in [-0.25, -0.2) is 9.79 Å². The van der Waals surface area contributed by atoms with Crippen LogP contribution in [0.15, 0.2) is 4.99 Å². The largest absolute Gasteiger partial charge is 0.444 e. The third kappa shape index (κ3) is 10.1. The molecule has 0 saturated carbocycles. The van der Waals surface area contributed by atoms with Crippen molar-refractivity contribution >= 4 is 36.0 Å². The highest BCUT2D eigenvalue weighted by Crippen LogP contribution is 2.15. The van der Waals surface area contributed by atoms with E-state index in [1.807, 2.05) is 27.8 Å². The normalized spacial score (nSPS) is 15.2. The van der Waals surface area contributed by atoms with Crippen molar-refractivity contribution < 1.29 is 9.53 Å². The van der Waals surface area contributed by atoms with Gasteiger partial charge in [-0.2, -0.15) is 0 Å². The van der Waals surface area contributed by atoms with Gasteiger partial charge in [0.05, 0.1) is 0 Å². The van der Waals surface area contributed by atoms with Gasteiger partial charge in [0.15, 0.2) is 11.8 Å². The summed E-state index contributed by atoms with van der Waals surface area (Å²) in [6, 6.07) is 0.0161. The molecule has 1 aliphatic heterocycles. The van der Waals surface area contributed by atoms with Gasteiger partial charge < -0.3 is 24.8 Å². The summed E-state index contributed by atoms with van der Waals surface area (Å²) in [5.41, 5.74) is -0.507. The summed E-state index contributed by atoms with van der Waals surface area (Å²) in [6.07, 6.45) is 5.01. The molecule has 1 aliphatic rings. The van der Waals surface area contributed by atoms with E-state index in [-0.39, 0.29) is 36.1 Å². The molecule has 0 bridgehead atoms. The maximum Gasteiger partial charge on any atom is 0.407 e. The van der Waals surface area contributed by atoms with Crippen molar-refractivity contribution in [2.24, 2.45) is 10.9 Å². The number of nitrogens with zero attached hydrogens (tertiary/aromatic N) is 5. The van der Waals surface area contributed by atoms with Crippen molar-refractivity contribution in [2.75, 3.05) is 20.1 Å². The molecule has 0 saturated heterocycles. The van der Waals surface area contributed by atoms with Crippen molar-refractivity contribution in [2.45, 2.75) is 98.4 Å². The second-order valence-electron chi connectivity index (χ2n) is 9.87. The fraction of sp³-hybridized carbons (Fsp3) is 0.826. The number of alkyl carbamates (subject to hydrolysis) is 1. The number of halogens is 1. The molecule has 1 amide bonds. The molecule has 2 N–H and O–H groups in total. The molecule has 33 heavy (non-hydrogen) atoms. The molecule has 2 heterocycles. The van der Waals surface area contributed by atoms with E-state index in [4.69, 9.17) is 9.73 Å². The fourth-order valence-corrected chi connectivity index (χ4v) is 3.75.